The van der Waals surface area contributed by atoms with Crippen LogP contribution in [0.5, 0.6) is 0 Å². The maximum Gasteiger partial charge on any atom is 0.334 e. The molecule has 5 nitrogen and oxygen atoms in total. The summed E-state index contributed by atoms with van der Waals surface area (Å²) in [5.41, 5.74) is -0.786. The number of hydrogen-bond donors (Lipinski definition) is 0. The van der Waals surface area contributed by atoms with Crippen molar-refractivity contribution in [2.24, 2.45) is 17.8 Å². The van der Waals surface area contributed by atoms with Crippen LogP contribution in [0.1, 0.15) is 25.7 Å². The molecule has 1 heterocycles. The van der Waals surface area contributed by atoms with Crippen molar-refractivity contribution in [2.75, 3.05) is 0 Å². The second-order valence-corrected chi connectivity index (χ2v) is 5.54. The van der Waals surface area contributed by atoms with Crippen molar-refractivity contribution in [3.8, 4) is 0 Å². The average molecular weight is 248 g/mol. The zero-order valence-corrected chi connectivity index (χ0v) is 10.1. The molecule has 0 aromatic carbocycles. The van der Waals surface area contributed by atoms with Crippen molar-refractivity contribution in [2.45, 2.75) is 32.2 Å². The summed E-state index contributed by atoms with van der Waals surface area (Å²) in [5, 5.41) is 10.7. The molecule has 1 aromatic rings. The highest BCUT2D eigenvalue weighted by molar-refractivity contribution is 5.25. The lowest BCUT2D eigenvalue weighted by molar-refractivity contribution is -0.386. The lowest BCUT2D eigenvalue weighted by Gasteiger charge is -2.22. The molecule has 2 aliphatic rings. The van der Waals surface area contributed by atoms with Crippen LogP contribution < -0.4 is 5.56 Å². The smallest absolute Gasteiger partial charge is 0.309 e. The van der Waals surface area contributed by atoms with Gasteiger partial charge in [-0.05, 0) is 43.1 Å². The van der Waals surface area contributed by atoms with Crippen molar-refractivity contribution in [1.29, 1.82) is 0 Å². The molecule has 0 spiro atoms. The second-order valence-electron chi connectivity index (χ2n) is 5.54. The standard InChI is InChI=1S/C13H16N2O3/c16-13-12(15(17)18)2-1-5-14(13)8-11-7-9-3-4-10(11)6-9/h1-2,5,9-11H,3-4,6-8H2. The van der Waals surface area contributed by atoms with Gasteiger partial charge in [-0.15, -0.1) is 0 Å². The van der Waals surface area contributed by atoms with Crippen LogP contribution in [-0.2, 0) is 6.54 Å². The van der Waals surface area contributed by atoms with Crippen LogP contribution in [0.2, 0.25) is 0 Å². The van der Waals surface area contributed by atoms with Crippen LogP contribution in [0.3, 0.4) is 0 Å². The van der Waals surface area contributed by atoms with Crippen molar-refractivity contribution in [3.05, 3.63) is 38.8 Å². The monoisotopic (exact) mass is 248 g/mol. The summed E-state index contributed by atoms with van der Waals surface area (Å²) in [6, 6.07) is 2.87. The first-order valence-corrected chi connectivity index (χ1v) is 6.49. The Labute approximate surface area is 105 Å². The summed E-state index contributed by atoms with van der Waals surface area (Å²) in [6.07, 6.45) is 6.72. The fourth-order valence-corrected chi connectivity index (χ4v) is 3.66. The molecule has 1 aromatic heterocycles. The number of pyridine rings is 1. The molecule has 2 bridgehead atoms. The van der Waals surface area contributed by atoms with Crippen molar-refractivity contribution < 1.29 is 4.92 Å². The van der Waals surface area contributed by atoms with Gasteiger partial charge in [0.1, 0.15) is 0 Å². The molecule has 0 aliphatic heterocycles. The Hall–Kier alpha value is -1.65. The Balaban J connectivity index is 1.83. The summed E-state index contributed by atoms with van der Waals surface area (Å²) >= 11 is 0. The van der Waals surface area contributed by atoms with Crippen LogP contribution in [0.15, 0.2) is 23.1 Å². The van der Waals surface area contributed by atoms with Gasteiger partial charge in [-0.2, -0.15) is 0 Å². The molecule has 5 heteroatoms. The van der Waals surface area contributed by atoms with Crippen LogP contribution in [-0.4, -0.2) is 9.49 Å². The zero-order chi connectivity index (χ0) is 12.7. The van der Waals surface area contributed by atoms with Gasteiger partial charge in [0, 0.05) is 18.8 Å². The molecule has 0 radical (unpaired) electrons. The van der Waals surface area contributed by atoms with E-state index in [4.69, 9.17) is 0 Å². The van der Waals surface area contributed by atoms with Crippen LogP contribution >= 0.6 is 0 Å². The number of nitro groups is 1. The van der Waals surface area contributed by atoms with E-state index < -0.39 is 10.5 Å². The third-order valence-electron chi connectivity index (χ3n) is 4.51. The molecule has 3 atom stereocenters. The van der Waals surface area contributed by atoms with E-state index in [-0.39, 0.29) is 5.69 Å². The Bertz CT molecular complexity index is 537. The maximum atomic E-state index is 11.9. The fourth-order valence-electron chi connectivity index (χ4n) is 3.66. The molecule has 18 heavy (non-hydrogen) atoms. The first kappa shape index (κ1) is 11.4. The molecule has 3 rings (SSSR count). The third kappa shape index (κ3) is 1.83. The van der Waals surface area contributed by atoms with Crippen molar-refractivity contribution in [1.82, 2.24) is 4.57 Å². The minimum absolute atomic E-state index is 0.319. The van der Waals surface area contributed by atoms with Gasteiger partial charge in [0.25, 0.3) is 0 Å². The predicted octanol–water partition coefficient (Wildman–Crippen LogP) is 2.19. The summed E-state index contributed by atoms with van der Waals surface area (Å²) in [5.74, 6) is 2.08. The SMILES string of the molecule is O=c1c([N+](=O)[O-])cccn1CC1CC2CCC1C2. The van der Waals surface area contributed by atoms with E-state index in [2.05, 4.69) is 0 Å². The molecule has 2 saturated carbocycles. The molecular weight excluding hydrogens is 232 g/mol. The van der Waals surface area contributed by atoms with E-state index in [0.29, 0.717) is 12.5 Å². The zero-order valence-electron chi connectivity index (χ0n) is 10.1. The summed E-state index contributed by atoms with van der Waals surface area (Å²) in [7, 11) is 0. The Morgan fingerprint density at radius 1 is 1.39 bits per heavy atom. The first-order valence-electron chi connectivity index (χ1n) is 6.49. The summed E-state index contributed by atoms with van der Waals surface area (Å²) < 4.78 is 1.52. The number of nitrogens with zero attached hydrogens (tertiary/aromatic N) is 2. The highest BCUT2D eigenvalue weighted by Crippen LogP contribution is 2.48. The largest absolute Gasteiger partial charge is 0.334 e. The van der Waals surface area contributed by atoms with Crippen molar-refractivity contribution >= 4 is 5.69 Å². The quantitative estimate of drug-likeness (QED) is 0.608. The highest BCUT2D eigenvalue weighted by atomic mass is 16.6. The molecule has 2 aliphatic carbocycles. The lowest BCUT2D eigenvalue weighted by atomic mass is 9.89. The summed E-state index contributed by atoms with van der Waals surface area (Å²) in [4.78, 5) is 22.1. The molecule has 0 saturated heterocycles. The van der Waals surface area contributed by atoms with Gasteiger partial charge in [0.15, 0.2) is 0 Å². The average Bonchev–Trinajstić information content (AvgIpc) is 2.93. The topological polar surface area (TPSA) is 65.1 Å². The van der Waals surface area contributed by atoms with Crippen LogP contribution in [0.4, 0.5) is 5.69 Å². The van der Waals surface area contributed by atoms with Gasteiger partial charge >= 0.3 is 11.2 Å². The van der Waals surface area contributed by atoms with Gasteiger partial charge in [-0.1, -0.05) is 6.42 Å². The normalized spacial score (nSPS) is 29.7. The van der Waals surface area contributed by atoms with Gasteiger partial charge in [-0.3, -0.25) is 14.9 Å². The molecule has 0 N–H and O–H groups in total. The Morgan fingerprint density at radius 3 is 2.83 bits per heavy atom. The van der Waals surface area contributed by atoms with Crippen molar-refractivity contribution in [3.63, 3.8) is 0 Å². The highest BCUT2D eigenvalue weighted by Gasteiger charge is 2.39. The first-order chi connectivity index (χ1) is 8.65. The predicted molar refractivity (Wildman–Crippen MR) is 66.3 cm³/mol. The van der Waals surface area contributed by atoms with E-state index in [9.17, 15) is 14.9 Å². The van der Waals surface area contributed by atoms with Crippen LogP contribution in [0, 0.1) is 27.9 Å². The maximum absolute atomic E-state index is 11.9. The van der Waals surface area contributed by atoms with Gasteiger partial charge in [0.05, 0.1) is 4.92 Å². The van der Waals surface area contributed by atoms with E-state index in [0.717, 1.165) is 11.8 Å². The van der Waals surface area contributed by atoms with Gasteiger partial charge in [-0.25, -0.2) is 0 Å². The van der Waals surface area contributed by atoms with Gasteiger partial charge in [0.2, 0.25) is 0 Å². The fraction of sp³-hybridized carbons (Fsp3) is 0.615. The Morgan fingerprint density at radius 2 is 2.22 bits per heavy atom. The van der Waals surface area contributed by atoms with Gasteiger partial charge < -0.3 is 4.57 Å². The molecule has 3 unspecified atom stereocenters. The van der Waals surface area contributed by atoms with E-state index in [1.807, 2.05) is 0 Å². The van der Waals surface area contributed by atoms with Crippen LogP contribution in [0.25, 0.3) is 0 Å². The van der Waals surface area contributed by atoms with E-state index >= 15 is 0 Å². The second kappa shape index (κ2) is 4.23. The number of rotatable bonds is 3. The summed E-state index contributed by atoms with van der Waals surface area (Å²) in [6.45, 7) is 0.641. The number of hydrogen-bond acceptors (Lipinski definition) is 3. The molecule has 2 fully saturated rings. The van der Waals surface area contributed by atoms with E-state index in [1.54, 1.807) is 12.3 Å². The minimum atomic E-state index is -0.598. The number of fused-ring (bicyclic) bond motifs is 2. The third-order valence-corrected chi connectivity index (χ3v) is 4.51. The molecule has 0 amide bonds. The lowest BCUT2D eigenvalue weighted by Crippen LogP contribution is -2.27. The molecule has 96 valence electrons. The Kier molecular flexibility index (Phi) is 2.69. The van der Waals surface area contributed by atoms with E-state index in [1.165, 1.54) is 36.3 Å². The molecular formula is C13H16N2O3. The number of aromatic nitrogens is 1. The minimum Gasteiger partial charge on any atom is -0.309 e.